The Kier molecular flexibility index (Phi) is 7.55. The third kappa shape index (κ3) is 5.36. The van der Waals surface area contributed by atoms with Crippen LogP contribution in [0.4, 0.5) is 0 Å². The van der Waals surface area contributed by atoms with Crippen LogP contribution in [0.2, 0.25) is 0 Å². The van der Waals surface area contributed by atoms with Gasteiger partial charge >= 0.3 is 0 Å². The zero-order valence-electron chi connectivity index (χ0n) is 34.8. The summed E-state index contributed by atoms with van der Waals surface area (Å²) < 4.78 is 6.84. The first-order chi connectivity index (χ1) is 32.2. The van der Waals surface area contributed by atoms with E-state index in [4.69, 9.17) is 19.9 Å². The lowest BCUT2D eigenvalue weighted by atomic mass is 9.97. The van der Waals surface area contributed by atoms with Crippen LogP contribution in [-0.2, 0) is 0 Å². The average Bonchev–Trinajstić information content (AvgIpc) is 4.03. The van der Waals surface area contributed by atoms with Crippen molar-refractivity contribution in [1.82, 2.24) is 33.5 Å². The van der Waals surface area contributed by atoms with E-state index in [-0.39, 0.29) is 0 Å². The van der Waals surface area contributed by atoms with Gasteiger partial charge in [-0.2, -0.15) is 9.97 Å². The molecular weight excluding hydrogens is 795 g/mol. The van der Waals surface area contributed by atoms with E-state index in [2.05, 4.69) is 165 Å². The fourth-order valence-electron chi connectivity index (χ4n) is 10.2. The van der Waals surface area contributed by atoms with Gasteiger partial charge in [-0.3, -0.25) is 8.97 Å². The summed E-state index contributed by atoms with van der Waals surface area (Å²) in [5.74, 6) is 1.83. The zero-order chi connectivity index (χ0) is 42.6. The van der Waals surface area contributed by atoms with E-state index in [1.807, 2.05) is 60.7 Å². The summed E-state index contributed by atoms with van der Waals surface area (Å²) >= 11 is 0. The predicted octanol–water partition coefficient (Wildman–Crippen LogP) is 14.2. The summed E-state index contributed by atoms with van der Waals surface area (Å²) in [5.41, 5.74) is 12.5. The number of benzene rings is 9. The molecule has 0 aliphatic carbocycles. The third-order valence-electron chi connectivity index (χ3n) is 13.1. The lowest BCUT2D eigenvalue weighted by Gasteiger charge is -2.12. The third-order valence-corrected chi connectivity index (χ3v) is 13.1. The molecule has 302 valence electrons. The summed E-state index contributed by atoms with van der Waals surface area (Å²) in [6.45, 7) is 0. The molecule has 0 radical (unpaired) electrons. The summed E-state index contributed by atoms with van der Waals surface area (Å²) in [4.78, 5) is 20.5. The Balaban J connectivity index is 0.951. The summed E-state index contributed by atoms with van der Waals surface area (Å²) in [6, 6.07) is 72.8. The quantitative estimate of drug-likeness (QED) is 0.162. The molecule has 0 aliphatic rings. The highest BCUT2D eigenvalue weighted by atomic mass is 15.2. The van der Waals surface area contributed by atoms with E-state index in [0.29, 0.717) is 17.6 Å². The average molecular weight is 830 g/mol. The molecule has 0 spiro atoms. The Bertz CT molecular complexity index is 4170. The highest BCUT2D eigenvalue weighted by Crippen LogP contribution is 2.44. The molecule has 0 atom stereocenters. The normalized spacial score (nSPS) is 12.0. The van der Waals surface area contributed by atoms with Crippen LogP contribution < -0.4 is 0 Å². The number of para-hydroxylation sites is 2. The molecule has 0 saturated heterocycles. The second-order valence-electron chi connectivity index (χ2n) is 16.7. The maximum Gasteiger partial charge on any atom is 0.238 e. The standard InChI is InChI=1S/C58H35N7/c1-4-16-36(17-5-1)56-60-57(37-18-6-2-7-19-37)62-58(61-56)65-49-27-15-14-24-43(49)46-32-38(28-29-50(46)65)39-30-31-63-52-35-51-47(34-48(52)59-53(63)33-39)54-44-25-12-10-22-41(44)42-23-11-13-26-45(42)55(54)64(51)40-20-8-3-9-21-40/h1-35H. The molecule has 0 unspecified atom stereocenters. The van der Waals surface area contributed by atoms with Gasteiger partial charge < -0.3 is 4.57 Å². The zero-order valence-corrected chi connectivity index (χ0v) is 34.8. The molecule has 7 heteroatoms. The second kappa shape index (κ2) is 13.8. The monoisotopic (exact) mass is 829 g/mol. The number of hydrogen-bond acceptors (Lipinski definition) is 4. The lowest BCUT2D eigenvalue weighted by molar-refractivity contribution is 0.953. The molecule has 0 saturated carbocycles. The Morgan fingerprint density at radius 1 is 0.323 bits per heavy atom. The van der Waals surface area contributed by atoms with Gasteiger partial charge in [0, 0.05) is 49.9 Å². The first-order valence-electron chi connectivity index (χ1n) is 21.9. The molecule has 9 aromatic carbocycles. The van der Waals surface area contributed by atoms with E-state index >= 15 is 0 Å². The van der Waals surface area contributed by atoms with Gasteiger partial charge in [0.1, 0.15) is 5.65 Å². The molecule has 0 fully saturated rings. The highest BCUT2D eigenvalue weighted by Gasteiger charge is 2.22. The van der Waals surface area contributed by atoms with Gasteiger partial charge in [0.2, 0.25) is 5.95 Å². The Hall–Kier alpha value is -8.94. The van der Waals surface area contributed by atoms with Crippen LogP contribution in [0.25, 0.3) is 127 Å². The number of nitrogens with zero attached hydrogens (tertiary/aromatic N) is 7. The molecule has 0 aliphatic heterocycles. The first-order valence-corrected chi connectivity index (χ1v) is 21.9. The summed E-state index contributed by atoms with van der Waals surface area (Å²) in [6.07, 6.45) is 2.17. The van der Waals surface area contributed by atoms with Crippen molar-refractivity contribution in [3.63, 3.8) is 0 Å². The molecular formula is C58H35N7. The number of imidazole rings is 1. The van der Waals surface area contributed by atoms with Gasteiger partial charge in [-0.15, -0.1) is 0 Å². The Morgan fingerprint density at radius 3 is 1.63 bits per heavy atom. The summed E-state index contributed by atoms with van der Waals surface area (Å²) in [7, 11) is 0. The van der Waals surface area contributed by atoms with E-state index in [9.17, 15) is 0 Å². The van der Waals surface area contributed by atoms with Crippen molar-refractivity contribution in [2.45, 2.75) is 0 Å². The van der Waals surface area contributed by atoms with Gasteiger partial charge in [-0.25, -0.2) is 9.97 Å². The van der Waals surface area contributed by atoms with Gasteiger partial charge in [0.15, 0.2) is 11.6 Å². The Labute approximate surface area is 371 Å². The fraction of sp³-hybridized carbons (Fsp3) is 0. The van der Waals surface area contributed by atoms with Crippen LogP contribution in [-0.4, -0.2) is 33.5 Å². The topological polar surface area (TPSA) is 65.8 Å². The van der Waals surface area contributed by atoms with Gasteiger partial charge in [0.25, 0.3) is 0 Å². The lowest BCUT2D eigenvalue weighted by Crippen LogP contribution is -2.06. The van der Waals surface area contributed by atoms with E-state index < -0.39 is 0 Å². The minimum Gasteiger partial charge on any atom is -0.309 e. The van der Waals surface area contributed by atoms with Crippen molar-refractivity contribution in [3.05, 3.63) is 212 Å². The van der Waals surface area contributed by atoms with Crippen molar-refractivity contribution < 1.29 is 0 Å². The van der Waals surface area contributed by atoms with E-state index in [0.717, 1.165) is 71.9 Å². The van der Waals surface area contributed by atoms with Gasteiger partial charge in [-0.05, 0) is 81.9 Å². The number of fused-ring (bicyclic) bond motifs is 14. The molecule has 0 bridgehead atoms. The smallest absolute Gasteiger partial charge is 0.238 e. The van der Waals surface area contributed by atoms with Crippen LogP contribution in [0, 0.1) is 0 Å². The largest absolute Gasteiger partial charge is 0.309 e. The van der Waals surface area contributed by atoms with Crippen LogP contribution >= 0.6 is 0 Å². The molecule has 14 rings (SSSR count). The van der Waals surface area contributed by atoms with Crippen molar-refractivity contribution in [2.75, 3.05) is 0 Å². The van der Waals surface area contributed by atoms with Crippen LogP contribution in [0.5, 0.6) is 0 Å². The maximum atomic E-state index is 5.33. The number of hydrogen-bond donors (Lipinski definition) is 0. The molecule has 14 aromatic rings. The molecule has 65 heavy (non-hydrogen) atoms. The number of aromatic nitrogens is 7. The molecule has 7 nitrogen and oxygen atoms in total. The molecule has 0 amide bonds. The SMILES string of the molecule is c1ccc(-c2nc(-c3ccccc3)nc(-n3c4ccccc4c4cc(-c5ccn6c(c5)nc5cc7c8c9ccccc9c9ccccc9c8n(-c8ccccc8)c7cc56)ccc43)n2)cc1. The molecule has 5 aromatic heterocycles. The van der Waals surface area contributed by atoms with Gasteiger partial charge in [0.05, 0.1) is 33.1 Å². The molecule has 5 heterocycles. The maximum absolute atomic E-state index is 5.33. The number of pyridine rings is 1. The highest BCUT2D eigenvalue weighted by molar-refractivity contribution is 6.32. The minimum absolute atomic E-state index is 0.573. The van der Waals surface area contributed by atoms with Crippen molar-refractivity contribution in [3.8, 4) is 45.5 Å². The van der Waals surface area contributed by atoms with Crippen molar-refractivity contribution >= 4 is 81.8 Å². The predicted molar refractivity (Wildman–Crippen MR) is 266 cm³/mol. The molecule has 0 N–H and O–H groups in total. The summed E-state index contributed by atoms with van der Waals surface area (Å²) in [5, 5.41) is 9.66. The van der Waals surface area contributed by atoms with Crippen molar-refractivity contribution in [1.29, 1.82) is 0 Å². The Morgan fingerprint density at radius 2 is 0.908 bits per heavy atom. The second-order valence-corrected chi connectivity index (χ2v) is 16.7. The fourth-order valence-corrected chi connectivity index (χ4v) is 10.2. The van der Waals surface area contributed by atoms with Crippen molar-refractivity contribution in [2.24, 2.45) is 0 Å². The number of rotatable bonds is 5. The first kappa shape index (κ1) is 35.6. The minimum atomic E-state index is 0.573. The van der Waals surface area contributed by atoms with E-state index in [1.54, 1.807) is 0 Å². The van der Waals surface area contributed by atoms with Crippen LogP contribution in [0.3, 0.4) is 0 Å². The van der Waals surface area contributed by atoms with Crippen LogP contribution in [0.1, 0.15) is 0 Å². The van der Waals surface area contributed by atoms with Crippen LogP contribution in [0.15, 0.2) is 212 Å². The van der Waals surface area contributed by atoms with E-state index in [1.165, 1.54) is 37.8 Å². The van der Waals surface area contributed by atoms with Gasteiger partial charge in [-0.1, -0.05) is 152 Å².